The van der Waals surface area contributed by atoms with Crippen molar-refractivity contribution in [2.75, 3.05) is 13.1 Å². The number of nitrogens with zero attached hydrogens (tertiary/aromatic N) is 2. The van der Waals surface area contributed by atoms with Gasteiger partial charge in [-0.25, -0.2) is 4.98 Å². The highest BCUT2D eigenvalue weighted by Crippen LogP contribution is 2.20. The second kappa shape index (κ2) is 3.71. The zero-order valence-corrected chi connectivity index (χ0v) is 8.53. The molecule has 1 unspecified atom stereocenters. The van der Waals surface area contributed by atoms with Crippen LogP contribution in [0.25, 0.3) is 0 Å². The van der Waals surface area contributed by atoms with Crippen molar-refractivity contribution in [3.05, 3.63) is 18.2 Å². The van der Waals surface area contributed by atoms with E-state index in [9.17, 15) is 5.11 Å². The lowest BCUT2D eigenvalue weighted by molar-refractivity contribution is -0.0187. The third-order valence-corrected chi connectivity index (χ3v) is 2.68. The van der Waals surface area contributed by atoms with Gasteiger partial charge in [-0.2, -0.15) is 0 Å². The molecular weight excluding hydrogens is 178 g/mol. The number of imidazole rings is 1. The highest BCUT2D eigenvalue weighted by molar-refractivity contribution is 4.90. The average Bonchev–Trinajstić information content (AvgIpc) is 2.54. The molecule has 1 fully saturated rings. The van der Waals surface area contributed by atoms with Crippen LogP contribution in [0.1, 0.15) is 25.6 Å². The molecule has 0 amide bonds. The van der Waals surface area contributed by atoms with Crippen LogP contribution in [-0.2, 0) is 6.54 Å². The van der Waals surface area contributed by atoms with E-state index in [1.807, 2.05) is 13.1 Å². The Labute approximate surface area is 84.0 Å². The van der Waals surface area contributed by atoms with Gasteiger partial charge in [0.15, 0.2) is 0 Å². The topological polar surface area (TPSA) is 52.1 Å². The number of H-pyrrole nitrogens is 1. The lowest BCUT2D eigenvalue weighted by Gasteiger charge is -2.36. The fraction of sp³-hybridized carbons (Fsp3) is 0.700. The van der Waals surface area contributed by atoms with E-state index in [0.29, 0.717) is 0 Å². The molecule has 0 saturated carbocycles. The largest absolute Gasteiger partial charge is 0.389 e. The van der Waals surface area contributed by atoms with Crippen LogP contribution in [0, 0.1) is 0 Å². The van der Waals surface area contributed by atoms with Gasteiger partial charge in [-0.05, 0) is 26.3 Å². The highest BCUT2D eigenvalue weighted by atomic mass is 16.3. The van der Waals surface area contributed by atoms with Crippen molar-refractivity contribution >= 4 is 0 Å². The summed E-state index contributed by atoms with van der Waals surface area (Å²) in [5.41, 5.74) is -0.523. The summed E-state index contributed by atoms with van der Waals surface area (Å²) in [6, 6.07) is 0. The van der Waals surface area contributed by atoms with Crippen molar-refractivity contribution in [1.82, 2.24) is 14.9 Å². The standard InChI is InChI=1S/C10H17N3O/c1-10(14)3-2-6-13(8-10)7-9-11-4-5-12-9/h4-5,14H,2-3,6-8H2,1H3,(H,11,12). The Morgan fingerprint density at radius 1 is 1.71 bits per heavy atom. The summed E-state index contributed by atoms with van der Waals surface area (Å²) in [5.74, 6) is 0.975. The number of rotatable bonds is 2. The van der Waals surface area contributed by atoms with Gasteiger partial charge in [0.05, 0.1) is 12.1 Å². The Morgan fingerprint density at radius 3 is 3.21 bits per heavy atom. The average molecular weight is 195 g/mol. The molecule has 1 aromatic rings. The Balaban J connectivity index is 1.92. The summed E-state index contributed by atoms with van der Waals surface area (Å²) in [6.45, 7) is 4.51. The molecule has 2 heterocycles. The zero-order chi connectivity index (χ0) is 10.0. The van der Waals surface area contributed by atoms with Crippen LogP contribution in [0.5, 0.6) is 0 Å². The highest BCUT2D eigenvalue weighted by Gasteiger charge is 2.28. The van der Waals surface area contributed by atoms with Gasteiger partial charge >= 0.3 is 0 Å². The van der Waals surface area contributed by atoms with Crippen LogP contribution >= 0.6 is 0 Å². The van der Waals surface area contributed by atoms with Gasteiger partial charge in [0.1, 0.15) is 5.82 Å². The maximum Gasteiger partial charge on any atom is 0.120 e. The van der Waals surface area contributed by atoms with E-state index < -0.39 is 5.60 Å². The van der Waals surface area contributed by atoms with E-state index in [-0.39, 0.29) is 0 Å². The van der Waals surface area contributed by atoms with Crippen molar-refractivity contribution in [1.29, 1.82) is 0 Å². The van der Waals surface area contributed by atoms with E-state index in [0.717, 1.165) is 38.3 Å². The maximum atomic E-state index is 9.90. The van der Waals surface area contributed by atoms with Gasteiger partial charge in [0.25, 0.3) is 0 Å². The van der Waals surface area contributed by atoms with Gasteiger partial charge in [0, 0.05) is 18.9 Å². The molecule has 1 atom stereocenters. The number of aliphatic hydroxyl groups is 1. The Bertz CT molecular complexity index is 282. The molecule has 14 heavy (non-hydrogen) atoms. The zero-order valence-electron chi connectivity index (χ0n) is 8.53. The first-order valence-electron chi connectivity index (χ1n) is 5.09. The Morgan fingerprint density at radius 2 is 2.57 bits per heavy atom. The molecule has 1 aliphatic rings. The van der Waals surface area contributed by atoms with E-state index in [4.69, 9.17) is 0 Å². The number of aromatic nitrogens is 2. The second-order valence-corrected chi connectivity index (χ2v) is 4.35. The first-order chi connectivity index (χ1) is 6.66. The molecule has 2 rings (SSSR count). The lowest BCUT2D eigenvalue weighted by atomic mass is 9.95. The molecule has 0 bridgehead atoms. The molecule has 1 saturated heterocycles. The minimum atomic E-state index is -0.523. The van der Waals surface area contributed by atoms with Gasteiger partial charge in [-0.1, -0.05) is 0 Å². The van der Waals surface area contributed by atoms with Gasteiger partial charge in [0.2, 0.25) is 0 Å². The maximum absolute atomic E-state index is 9.90. The number of likely N-dealkylation sites (tertiary alicyclic amines) is 1. The van der Waals surface area contributed by atoms with E-state index in [1.165, 1.54) is 0 Å². The minimum Gasteiger partial charge on any atom is -0.389 e. The summed E-state index contributed by atoms with van der Waals surface area (Å²) >= 11 is 0. The SMILES string of the molecule is CC1(O)CCCN(Cc2ncc[nH]2)C1. The monoisotopic (exact) mass is 195 g/mol. The first-order valence-corrected chi connectivity index (χ1v) is 5.09. The predicted octanol–water partition coefficient (Wildman–Crippen LogP) is 0.756. The van der Waals surface area contributed by atoms with Gasteiger partial charge < -0.3 is 10.1 Å². The van der Waals surface area contributed by atoms with Gasteiger partial charge in [-0.15, -0.1) is 0 Å². The van der Waals surface area contributed by atoms with E-state index >= 15 is 0 Å². The normalized spacial score (nSPS) is 29.3. The van der Waals surface area contributed by atoms with Crippen LogP contribution in [0.3, 0.4) is 0 Å². The molecule has 0 aliphatic carbocycles. The van der Waals surface area contributed by atoms with Crippen molar-refractivity contribution in [2.24, 2.45) is 0 Å². The quantitative estimate of drug-likeness (QED) is 0.732. The van der Waals surface area contributed by atoms with Gasteiger partial charge in [-0.3, -0.25) is 4.90 Å². The smallest absolute Gasteiger partial charge is 0.120 e. The molecule has 0 radical (unpaired) electrons. The van der Waals surface area contributed by atoms with E-state index in [1.54, 1.807) is 6.20 Å². The number of aromatic amines is 1. The fourth-order valence-corrected chi connectivity index (χ4v) is 2.05. The molecule has 1 aliphatic heterocycles. The predicted molar refractivity (Wildman–Crippen MR) is 53.7 cm³/mol. The van der Waals surface area contributed by atoms with E-state index in [2.05, 4.69) is 14.9 Å². The van der Waals surface area contributed by atoms with Crippen LogP contribution in [0.15, 0.2) is 12.4 Å². The third kappa shape index (κ3) is 2.33. The molecule has 2 N–H and O–H groups in total. The molecule has 0 aromatic carbocycles. The summed E-state index contributed by atoms with van der Waals surface area (Å²) in [5, 5.41) is 9.90. The van der Waals surface area contributed by atoms with Crippen molar-refractivity contribution in [2.45, 2.75) is 31.9 Å². The summed E-state index contributed by atoms with van der Waals surface area (Å²) in [7, 11) is 0. The lowest BCUT2D eigenvalue weighted by Crippen LogP contribution is -2.45. The number of piperidine rings is 1. The Hall–Kier alpha value is -0.870. The third-order valence-electron chi connectivity index (χ3n) is 2.68. The number of nitrogens with one attached hydrogen (secondary N) is 1. The summed E-state index contributed by atoms with van der Waals surface area (Å²) < 4.78 is 0. The first kappa shape index (κ1) is 9.68. The molecular formula is C10H17N3O. The molecule has 4 nitrogen and oxygen atoms in total. The van der Waals surface area contributed by atoms with Crippen molar-refractivity contribution < 1.29 is 5.11 Å². The molecule has 78 valence electrons. The van der Waals surface area contributed by atoms with Crippen molar-refractivity contribution in [3.63, 3.8) is 0 Å². The second-order valence-electron chi connectivity index (χ2n) is 4.35. The van der Waals surface area contributed by atoms with Crippen molar-refractivity contribution in [3.8, 4) is 0 Å². The number of hydrogen-bond acceptors (Lipinski definition) is 3. The molecule has 0 spiro atoms. The molecule has 1 aromatic heterocycles. The van der Waals surface area contributed by atoms with Crippen LogP contribution in [0.4, 0.5) is 0 Å². The summed E-state index contributed by atoms with van der Waals surface area (Å²) in [4.78, 5) is 9.50. The molecule has 4 heteroatoms. The van der Waals surface area contributed by atoms with Crippen LogP contribution < -0.4 is 0 Å². The fourth-order valence-electron chi connectivity index (χ4n) is 2.05. The number of β-amino-alcohol motifs (C(OH)–C–C–N with tert-alkyl or cyclic N) is 1. The van der Waals surface area contributed by atoms with Crippen LogP contribution in [-0.4, -0.2) is 38.7 Å². The number of hydrogen-bond donors (Lipinski definition) is 2. The Kier molecular flexibility index (Phi) is 2.56. The van der Waals surface area contributed by atoms with Crippen LogP contribution in [0.2, 0.25) is 0 Å². The minimum absolute atomic E-state index is 0.523. The summed E-state index contributed by atoms with van der Waals surface area (Å²) in [6.07, 6.45) is 5.56.